The Balaban J connectivity index is 1.17. The molecule has 0 aliphatic carbocycles. The van der Waals surface area contributed by atoms with E-state index in [9.17, 15) is 0 Å². The van der Waals surface area contributed by atoms with Gasteiger partial charge in [0.2, 0.25) is 0 Å². The molecule has 5 rings (SSSR count). The minimum atomic E-state index is -0.396. The van der Waals surface area contributed by atoms with E-state index in [0.717, 1.165) is 30.4 Å². The summed E-state index contributed by atoms with van der Waals surface area (Å²) in [6, 6.07) is 30.6. The van der Waals surface area contributed by atoms with Crippen LogP contribution in [0.15, 0.2) is 91.0 Å². The molecule has 5 nitrogen and oxygen atoms in total. The lowest BCUT2D eigenvalue weighted by Crippen LogP contribution is -2.55. The maximum Gasteiger partial charge on any atom is 0.184 e. The van der Waals surface area contributed by atoms with E-state index in [4.69, 9.17) is 23.7 Å². The largest absolute Gasteiger partial charge is 0.377 e. The molecular formula is C30H34O5. The fourth-order valence-corrected chi connectivity index (χ4v) is 4.78. The lowest BCUT2D eigenvalue weighted by atomic mass is 9.94. The predicted molar refractivity (Wildman–Crippen MR) is 134 cm³/mol. The molecule has 0 unspecified atom stereocenters. The molecule has 2 aliphatic heterocycles. The highest BCUT2D eigenvalue weighted by molar-refractivity contribution is 5.17. The predicted octanol–water partition coefficient (Wildman–Crippen LogP) is 5.84. The topological polar surface area (TPSA) is 46.2 Å². The molecule has 0 spiro atoms. The first-order valence-corrected chi connectivity index (χ1v) is 12.6. The van der Waals surface area contributed by atoms with Crippen molar-refractivity contribution in [1.82, 2.24) is 0 Å². The Hall–Kier alpha value is -2.54. The second-order valence-corrected chi connectivity index (χ2v) is 9.22. The lowest BCUT2D eigenvalue weighted by Gasteiger charge is -2.46. The molecule has 2 saturated heterocycles. The third kappa shape index (κ3) is 6.78. The van der Waals surface area contributed by atoms with Gasteiger partial charge in [0.25, 0.3) is 0 Å². The van der Waals surface area contributed by atoms with Crippen molar-refractivity contribution >= 4 is 0 Å². The van der Waals surface area contributed by atoms with Gasteiger partial charge in [-0.05, 0) is 24.0 Å². The minimum absolute atomic E-state index is 0.0562. The van der Waals surface area contributed by atoms with Gasteiger partial charge in [0.15, 0.2) is 6.29 Å². The van der Waals surface area contributed by atoms with Crippen LogP contribution >= 0.6 is 0 Å². The molecule has 0 amide bonds. The van der Waals surface area contributed by atoms with Gasteiger partial charge >= 0.3 is 0 Å². The summed E-state index contributed by atoms with van der Waals surface area (Å²) in [5.74, 6) is 0. The van der Waals surface area contributed by atoms with Crippen LogP contribution in [0.4, 0.5) is 0 Å². The summed E-state index contributed by atoms with van der Waals surface area (Å²) in [7, 11) is 0. The zero-order valence-corrected chi connectivity index (χ0v) is 20.0. The maximum atomic E-state index is 6.45. The van der Waals surface area contributed by atoms with Gasteiger partial charge in [0, 0.05) is 18.6 Å². The van der Waals surface area contributed by atoms with E-state index in [2.05, 4.69) is 24.3 Å². The van der Waals surface area contributed by atoms with Crippen molar-refractivity contribution in [3.8, 4) is 0 Å². The quantitative estimate of drug-likeness (QED) is 0.346. The molecule has 3 aromatic carbocycles. The Morgan fingerprint density at radius 3 is 2.11 bits per heavy atom. The normalized spacial score (nSPS) is 26.2. The number of rotatable bonds is 10. The third-order valence-electron chi connectivity index (χ3n) is 6.59. The second kappa shape index (κ2) is 12.4. The van der Waals surface area contributed by atoms with Crippen LogP contribution in [0, 0.1) is 0 Å². The van der Waals surface area contributed by atoms with Crippen LogP contribution in [-0.4, -0.2) is 37.6 Å². The SMILES string of the molecule is c1ccc(COCCC[C@@H]2C[C@H](OCc3ccccc3)[C@@H]3O[C@@H](c4ccccc4)OC[C@H]3O2)cc1. The van der Waals surface area contributed by atoms with Gasteiger partial charge < -0.3 is 23.7 Å². The Bertz CT molecular complexity index is 997. The highest BCUT2D eigenvalue weighted by Gasteiger charge is 2.44. The van der Waals surface area contributed by atoms with E-state index < -0.39 is 6.29 Å². The van der Waals surface area contributed by atoms with Gasteiger partial charge in [-0.25, -0.2) is 0 Å². The molecule has 2 heterocycles. The van der Waals surface area contributed by atoms with Crippen LogP contribution in [0.3, 0.4) is 0 Å². The van der Waals surface area contributed by atoms with Crippen LogP contribution in [0.1, 0.15) is 42.2 Å². The van der Waals surface area contributed by atoms with Crippen molar-refractivity contribution in [2.24, 2.45) is 0 Å². The summed E-state index contributed by atoms with van der Waals surface area (Å²) in [6.45, 7) is 2.40. The molecule has 5 heteroatoms. The fraction of sp³-hybridized carbons (Fsp3) is 0.400. The Labute approximate surface area is 207 Å². The first-order valence-electron chi connectivity index (χ1n) is 12.6. The Morgan fingerprint density at radius 1 is 0.743 bits per heavy atom. The van der Waals surface area contributed by atoms with Crippen molar-refractivity contribution in [1.29, 1.82) is 0 Å². The van der Waals surface area contributed by atoms with Gasteiger partial charge in [-0.2, -0.15) is 0 Å². The van der Waals surface area contributed by atoms with E-state index in [-0.39, 0.29) is 24.4 Å². The molecule has 184 valence electrons. The van der Waals surface area contributed by atoms with E-state index in [1.54, 1.807) is 0 Å². The first-order chi connectivity index (χ1) is 17.3. The minimum Gasteiger partial charge on any atom is -0.377 e. The smallest absolute Gasteiger partial charge is 0.184 e. The van der Waals surface area contributed by atoms with Gasteiger partial charge in [0.05, 0.1) is 32.0 Å². The number of benzene rings is 3. The molecule has 0 radical (unpaired) electrons. The first kappa shape index (κ1) is 24.2. The van der Waals surface area contributed by atoms with Gasteiger partial charge in [-0.15, -0.1) is 0 Å². The molecular weight excluding hydrogens is 440 g/mol. The van der Waals surface area contributed by atoms with E-state index in [1.807, 2.05) is 66.7 Å². The summed E-state index contributed by atoms with van der Waals surface area (Å²) in [6.07, 6.45) is 2.00. The van der Waals surface area contributed by atoms with Crippen molar-refractivity contribution in [3.63, 3.8) is 0 Å². The summed E-state index contributed by atoms with van der Waals surface area (Å²) in [5, 5.41) is 0. The summed E-state index contributed by atoms with van der Waals surface area (Å²) in [5.41, 5.74) is 3.38. The molecule has 2 aliphatic rings. The van der Waals surface area contributed by atoms with Gasteiger partial charge in [-0.1, -0.05) is 91.0 Å². The van der Waals surface area contributed by atoms with E-state index in [0.29, 0.717) is 26.4 Å². The van der Waals surface area contributed by atoms with Crippen molar-refractivity contribution < 1.29 is 23.7 Å². The number of hydrogen-bond acceptors (Lipinski definition) is 5. The average Bonchev–Trinajstić information content (AvgIpc) is 2.93. The lowest BCUT2D eigenvalue weighted by molar-refractivity contribution is -0.316. The Kier molecular flexibility index (Phi) is 8.58. The van der Waals surface area contributed by atoms with Crippen LogP contribution in [-0.2, 0) is 36.9 Å². The fourth-order valence-electron chi connectivity index (χ4n) is 4.78. The Morgan fingerprint density at radius 2 is 1.40 bits per heavy atom. The molecule has 0 bridgehead atoms. The van der Waals surface area contributed by atoms with Crippen molar-refractivity contribution in [3.05, 3.63) is 108 Å². The van der Waals surface area contributed by atoms with Gasteiger partial charge in [-0.3, -0.25) is 0 Å². The average molecular weight is 475 g/mol. The highest BCUT2D eigenvalue weighted by atomic mass is 16.7. The molecule has 2 fully saturated rings. The van der Waals surface area contributed by atoms with Crippen LogP contribution < -0.4 is 0 Å². The van der Waals surface area contributed by atoms with Crippen molar-refractivity contribution in [2.45, 2.75) is 63.2 Å². The third-order valence-corrected chi connectivity index (χ3v) is 6.59. The molecule has 0 N–H and O–H groups in total. The molecule has 5 atom stereocenters. The number of ether oxygens (including phenoxy) is 5. The second-order valence-electron chi connectivity index (χ2n) is 9.22. The zero-order chi connectivity index (χ0) is 23.7. The van der Waals surface area contributed by atoms with Crippen LogP contribution in [0.5, 0.6) is 0 Å². The number of fused-ring (bicyclic) bond motifs is 1. The summed E-state index contributed by atoms with van der Waals surface area (Å²) in [4.78, 5) is 0. The zero-order valence-electron chi connectivity index (χ0n) is 20.0. The number of hydrogen-bond donors (Lipinski definition) is 0. The maximum absolute atomic E-state index is 6.45. The molecule has 0 aromatic heterocycles. The van der Waals surface area contributed by atoms with Crippen molar-refractivity contribution in [2.75, 3.05) is 13.2 Å². The molecule has 0 saturated carbocycles. The summed E-state index contributed by atoms with van der Waals surface area (Å²) < 4.78 is 31.2. The van der Waals surface area contributed by atoms with Gasteiger partial charge in [0.1, 0.15) is 12.2 Å². The van der Waals surface area contributed by atoms with Crippen LogP contribution in [0.25, 0.3) is 0 Å². The molecule has 3 aromatic rings. The van der Waals surface area contributed by atoms with Crippen LogP contribution in [0.2, 0.25) is 0 Å². The summed E-state index contributed by atoms with van der Waals surface area (Å²) >= 11 is 0. The van der Waals surface area contributed by atoms with E-state index in [1.165, 1.54) is 5.56 Å². The van der Waals surface area contributed by atoms with E-state index >= 15 is 0 Å². The standard InChI is InChI=1S/C30H34O5/c1-4-11-23(12-5-1)20-31-18-10-17-26-19-27(32-21-24-13-6-2-7-14-24)29-28(34-26)22-33-30(35-29)25-15-8-3-9-16-25/h1-9,11-16,26-30H,10,17-22H2/t26-,27+,28-,29+,30+/m1/s1. The highest BCUT2D eigenvalue weighted by Crippen LogP contribution is 2.36. The monoisotopic (exact) mass is 474 g/mol. The molecule has 35 heavy (non-hydrogen) atoms.